The molecule has 0 atom stereocenters. The number of carbonyl (C=O) groups excluding carboxylic acids is 1. The van der Waals surface area contributed by atoms with Crippen molar-refractivity contribution in [3.63, 3.8) is 0 Å². The molecule has 1 fully saturated rings. The summed E-state index contributed by atoms with van der Waals surface area (Å²) in [4.78, 5) is 16.4. The van der Waals surface area contributed by atoms with Crippen LogP contribution >= 0.6 is 0 Å². The summed E-state index contributed by atoms with van der Waals surface area (Å²) < 4.78 is 29.4. The number of nitriles is 1. The van der Waals surface area contributed by atoms with Gasteiger partial charge in [-0.15, -0.1) is 0 Å². The van der Waals surface area contributed by atoms with Crippen molar-refractivity contribution in [2.75, 3.05) is 26.2 Å². The molecule has 1 aliphatic rings. The zero-order valence-electron chi connectivity index (χ0n) is 15.8. The van der Waals surface area contributed by atoms with Gasteiger partial charge in [-0.25, -0.2) is 0 Å². The highest BCUT2D eigenvalue weighted by molar-refractivity contribution is 5.92. The summed E-state index contributed by atoms with van der Waals surface area (Å²) in [7, 11) is 0. The van der Waals surface area contributed by atoms with Crippen molar-refractivity contribution >= 4 is 12.0 Å². The van der Waals surface area contributed by atoms with Gasteiger partial charge in [-0.1, -0.05) is 30.3 Å². The Hall–Kier alpha value is -3.24. The van der Waals surface area contributed by atoms with Crippen molar-refractivity contribution in [3.8, 4) is 11.8 Å². The van der Waals surface area contributed by atoms with Crippen LogP contribution in [0.15, 0.2) is 54.6 Å². The first-order valence-electron chi connectivity index (χ1n) is 9.27. The number of alkyl halides is 2. The second-order valence-corrected chi connectivity index (χ2v) is 6.66. The molecule has 1 amide bonds. The van der Waals surface area contributed by atoms with E-state index >= 15 is 0 Å². The minimum Gasteiger partial charge on any atom is -0.434 e. The smallest absolute Gasteiger partial charge is 0.387 e. The normalized spacial score (nSPS) is 14.9. The first kappa shape index (κ1) is 20.5. The number of hydrogen-bond acceptors (Lipinski definition) is 4. The van der Waals surface area contributed by atoms with Gasteiger partial charge in [-0.3, -0.25) is 9.69 Å². The zero-order chi connectivity index (χ0) is 20.6. The molecule has 0 spiro atoms. The maximum absolute atomic E-state index is 12.5. The summed E-state index contributed by atoms with van der Waals surface area (Å²) >= 11 is 0. The number of amides is 1. The lowest BCUT2D eigenvalue weighted by molar-refractivity contribution is -0.127. The van der Waals surface area contributed by atoms with E-state index in [9.17, 15) is 13.6 Å². The highest BCUT2D eigenvalue weighted by atomic mass is 19.3. The minimum absolute atomic E-state index is 0.0405. The quantitative estimate of drug-likeness (QED) is 0.700. The first-order valence-corrected chi connectivity index (χ1v) is 9.27. The molecule has 0 unspecified atom stereocenters. The molecule has 5 nitrogen and oxygen atoms in total. The fourth-order valence-corrected chi connectivity index (χ4v) is 3.16. The number of carbonyl (C=O) groups is 1. The molecule has 2 aromatic rings. The molecule has 0 N–H and O–H groups in total. The Kier molecular flexibility index (Phi) is 6.93. The van der Waals surface area contributed by atoms with E-state index in [1.54, 1.807) is 35.2 Å². The van der Waals surface area contributed by atoms with Crippen LogP contribution in [0.2, 0.25) is 0 Å². The lowest BCUT2D eigenvalue weighted by Gasteiger charge is -2.34. The molecule has 0 saturated carbocycles. The van der Waals surface area contributed by atoms with Crippen LogP contribution in [-0.2, 0) is 11.3 Å². The van der Waals surface area contributed by atoms with Gasteiger partial charge in [0.2, 0.25) is 5.91 Å². The largest absolute Gasteiger partial charge is 0.434 e. The molecular weight excluding hydrogens is 376 g/mol. The highest BCUT2D eigenvalue weighted by Crippen LogP contribution is 2.21. The van der Waals surface area contributed by atoms with Crippen molar-refractivity contribution in [1.82, 2.24) is 9.80 Å². The molecule has 7 heteroatoms. The summed E-state index contributed by atoms with van der Waals surface area (Å²) in [5, 5.41) is 8.86. The van der Waals surface area contributed by atoms with E-state index in [0.29, 0.717) is 24.2 Å². The van der Waals surface area contributed by atoms with Gasteiger partial charge < -0.3 is 9.64 Å². The van der Waals surface area contributed by atoms with Gasteiger partial charge in [-0.05, 0) is 29.8 Å². The third kappa shape index (κ3) is 5.87. The van der Waals surface area contributed by atoms with Crippen LogP contribution in [0.4, 0.5) is 8.78 Å². The van der Waals surface area contributed by atoms with Crippen LogP contribution in [0, 0.1) is 11.3 Å². The second-order valence-electron chi connectivity index (χ2n) is 6.66. The van der Waals surface area contributed by atoms with Crippen molar-refractivity contribution in [2.45, 2.75) is 13.2 Å². The fourth-order valence-electron chi connectivity index (χ4n) is 3.16. The van der Waals surface area contributed by atoms with Crippen LogP contribution in [0.25, 0.3) is 6.08 Å². The number of nitrogens with zero attached hydrogens (tertiary/aromatic N) is 3. The van der Waals surface area contributed by atoms with E-state index in [4.69, 9.17) is 5.26 Å². The van der Waals surface area contributed by atoms with Gasteiger partial charge in [0.25, 0.3) is 0 Å². The topological polar surface area (TPSA) is 56.6 Å². The first-order chi connectivity index (χ1) is 14.0. The molecule has 3 rings (SSSR count). The molecule has 2 aromatic carbocycles. The van der Waals surface area contributed by atoms with Crippen LogP contribution in [-0.4, -0.2) is 48.5 Å². The Labute approximate surface area is 168 Å². The molecule has 150 valence electrons. The fraction of sp³-hybridized carbons (Fsp3) is 0.273. The molecule has 0 bridgehead atoms. The molecule has 0 aliphatic carbocycles. The summed E-state index contributed by atoms with van der Waals surface area (Å²) in [6, 6.07) is 16.0. The number of hydrogen-bond donors (Lipinski definition) is 0. The summed E-state index contributed by atoms with van der Waals surface area (Å²) in [6.07, 6.45) is 2.90. The molecule has 1 heterocycles. The van der Waals surface area contributed by atoms with E-state index < -0.39 is 6.61 Å². The van der Waals surface area contributed by atoms with Gasteiger partial charge in [0.05, 0.1) is 11.6 Å². The number of rotatable bonds is 6. The van der Waals surface area contributed by atoms with Crippen LogP contribution in [0.1, 0.15) is 16.7 Å². The van der Waals surface area contributed by atoms with Gasteiger partial charge in [0.15, 0.2) is 0 Å². The average Bonchev–Trinajstić information content (AvgIpc) is 2.73. The highest BCUT2D eigenvalue weighted by Gasteiger charge is 2.19. The maximum atomic E-state index is 12.5. The number of para-hydroxylation sites is 1. The number of benzene rings is 2. The van der Waals surface area contributed by atoms with Crippen molar-refractivity contribution in [2.24, 2.45) is 0 Å². The predicted molar refractivity (Wildman–Crippen MR) is 105 cm³/mol. The Morgan fingerprint density at radius 1 is 1.10 bits per heavy atom. The van der Waals surface area contributed by atoms with Crippen molar-refractivity contribution in [3.05, 3.63) is 71.3 Å². The van der Waals surface area contributed by atoms with Crippen molar-refractivity contribution < 1.29 is 18.3 Å². The monoisotopic (exact) mass is 397 g/mol. The average molecular weight is 397 g/mol. The standard InChI is InChI=1S/C22H21F2N3O2/c23-22(24)29-20-4-2-1-3-19(20)9-10-21(28)27-13-11-26(12-14-27)16-18-7-5-17(15-25)6-8-18/h1-10,22H,11-14,16H2/b10-9+. The summed E-state index contributed by atoms with van der Waals surface area (Å²) in [6.45, 7) is 0.519. The molecule has 29 heavy (non-hydrogen) atoms. The third-order valence-corrected chi connectivity index (χ3v) is 4.71. The van der Waals surface area contributed by atoms with Crippen molar-refractivity contribution in [1.29, 1.82) is 5.26 Å². The SMILES string of the molecule is N#Cc1ccc(CN2CCN(C(=O)/C=C/c3ccccc3OC(F)F)CC2)cc1. The van der Waals surface area contributed by atoms with E-state index in [1.807, 2.05) is 12.1 Å². The molecule has 0 radical (unpaired) electrons. The minimum atomic E-state index is -2.91. The lowest BCUT2D eigenvalue weighted by atomic mass is 10.1. The Morgan fingerprint density at radius 3 is 2.45 bits per heavy atom. The number of halogens is 2. The molecule has 0 aromatic heterocycles. The van der Waals surface area contributed by atoms with Gasteiger partial charge >= 0.3 is 6.61 Å². The second kappa shape index (κ2) is 9.80. The summed E-state index contributed by atoms with van der Waals surface area (Å²) in [5.41, 5.74) is 2.19. The maximum Gasteiger partial charge on any atom is 0.387 e. The molecular formula is C22H21F2N3O2. The summed E-state index contributed by atoms with van der Waals surface area (Å²) in [5.74, 6) is -0.117. The lowest BCUT2D eigenvalue weighted by Crippen LogP contribution is -2.47. The predicted octanol–water partition coefficient (Wildman–Crippen LogP) is 3.52. The van der Waals surface area contributed by atoms with E-state index in [0.717, 1.165) is 25.2 Å². The zero-order valence-corrected chi connectivity index (χ0v) is 15.8. The Balaban J connectivity index is 1.52. The molecule has 1 saturated heterocycles. The number of ether oxygens (including phenoxy) is 1. The molecule has 1 aliphatic heterocycles. The van der Waals surface area contributed by atoms with E-state index in [2.05, 4.69) is 15.7 Å². The van der Waals surface area contributed by atoms with Gasteiger partial charge in [0.1, 0.15) is 5.75 Å². The van der Waals surface area contributed by atoms with Gasteiger partial charge in [-0.2, -0.15) is 14.0 Å². The van der Waals surface area contributed by atoms with Gasteiger partial charge in [0, 0.05) is 44.4 Å². The third-order valence-electron chi connectivity index (χ3n) is 4.71. The van der Waals surface area contributed by atoms with E-state index in [-0.39, 0.29) is 11.7 Å². The van der Waals surface area contributed by atoms with E-state index in [1.165, 1.54) is 18.2 Å². The van der Waals surface area contributed by atoms with Crippen LogP contribution in [0.3, 0.4) is 0 Å². The Morgan fingerprint density at radius 2 is 1.79 bits per heavy atom. The Bertz CT molecular complexity index is 899. The number of piperazine rings is 1. The van der Waals surface area contributed by atoms with Crippen LogP contribution < -0.4 is 4.74 Å². The van der Waals surface area contributed by atoms with Crippen LogP contribution in [0.5, 0.6) is 5.75 Å².